The molecule has 2 N–H and O–H groups in total. The summed E-state index contributed by atoms with van der Waals surface area (Å²) in [4.78, 5) is 16.8. The Morgan fingerprint density at radius 2 is 1.78 bits per heavy atom. The van der Waals surface area contributed by atoms with Crippen LogP contribution in [0.15, 0.2) is 72.1 Å². The van der Waals surface area contributed by atoms with Gasteiger partial charge >= 0.3 is 0 Å². The zero-order chi connectivity index (χ0) is 18.6. The Kier molecular flexibility index (Phi) is 4.85. The molecule has 0 saturated carbocycles. The molecule has 4 nitrogen and oxygen atoms in total. The molecule has 1 aromatic heterocycles. The van der Waals surface area contributed by atoms with Crippen molar-refractivity contribution >= 4 is 38.8 Å². The number of amides is 1. The summed E-state index contributed by atoms with van der Waals surface area (Å²) < 4.78 is 0. The lowest BCUT2D eigenvalue weighted by Crippen LogP contribution is -2.23. The third-order valence-corrected chi connectivity index (χ3v) is 5.10. The average Bonchev–Trinajstić information content (AvgIpc) is 3.16. The fraction of sp³-hybridized carbons (Fsp3) is 0.0909. The maximum Gasteiger partial charge on any atom is 0.271 e. The van der Waals surface area contributed by atoms with Gasteiger partial charge in [0, 0.05) is 23.0 Å². The number of aromatic nitrogens is 1. The van der Waals surface area contributed by atoms with Crippen molar-refractivity contribution in [3.63, 3.8) is 0 Å². The molecule has 4 rings (SSSR count). The second kappa shape index (κ2) is 7.60. The van der Waals surface area contributed by atoms with E-state index < -0.39 is 0 Å². The number of hydrogen-bond acceptors (Lipinski definition) is 4. The zero-order valence-corrected chi connectivity index (χ0v) is 15.7. The van der Waals surface area contributed by atoms with E-state index in [1.54, 1.807) is 5.38 Å². The van der Waals surface area contributed by atoms with Crippen LogP contribution in [0.5, 0.6) is 0 Å². The van der Waals surface area contributed by atoms with Crippen molar-refractivity contribution in [2.24, 2.45) is 0 Å². The Balaban J connectivity index is 1.44. The number of thiazole rings is 1. The van der Waals surface area contributed by atoms with E-state index in [0.29, 0.717) is 17.4 Å². The molecule has 0 aliphatic heterocycles. The second-order valence-electron chi connectivity index (χ2n) is 6.36. The molecule has 0 saturated heterocycles. The molecule has 0 unspecified atom stereocenters. The van der Waals surface area contributed by atoms with Gasteiger partial charge in [-0.25, -0.2) is 4.98 Å². The van der Waals surface area contributed by atoms with Crippen LogP contribution < -0.4 is 10.6 Å². The summed E-state index contributed by atoms with van der Waals surface area (Å²) in [6, 6.07) is 22.4. The van der Waals surface area contributed by atoms with E-state index in [2.05, 4.69) is 33.8 Å². The van der Waals surface area contributed by atoms with Crippen molar-refractivity contribution in [2.45, 2.75) is 13.5 Å². The lowest BCUT2D eigenvalue weighted by atomic mass is 10.1. The molecule has 134 valence electrons. The van der Waals surface area contributed by atoms with Crippen LogP contribution in [0.25, 0.3) is 10.8 Å². The number of nitrogens with zero attached hydrogens (tertiary/aromatic N) is 1. The number of benzene rings is 3. The summed E-state index contributed by atoms with van der Waals surface area (Å²) in [5, 5.41) is 11.0. The standard InChI is InChI=1S/C22H19N3OS/c1-15-9-11-16(12-10-15)13-23-21(26)20-14-27-22(25-20)24-19-8-4-6-17-5-2-3-7-18(17)19/h2-12,14H,13H2,1H3,(H,23,26)(H,24,25). The molecule has 0 aliphatic carbocycles. The lowest BCUT2D eigenvalue weighted by molar-refractivity contribution is 0.0946. The first-order valence-electron chi connectivity index (χ1n) is 8.73. The van der Waals surface area contributed by atoms with Crippen LogP contribution in [-0.4, -0.2) is 10.9 Å². The molecule has 0 spiro atoms. The van der Waals surface area contributed by atoms with Crippen LogP contribution >= 0.6 is 11.3 Å². The van der Waals surface area contributed by atoms with Crippen LogP contribution in [0.4, 0.5) is 10.8 Å². The van der Waals surface area contributed by atoms with Gasteiger partial charge in [0.2, 0.25) is 0 Å². The van der Waals surface area contributed by atoms with Gasteiger partial charge in [-0.2, -0.15) is 0 Å². The topological polar surface area (TPSA) is 54.0 Å². The second-order valence-corrected chi connectivity index (χ2v) is 7.22. The van der Waals surface area contributed by atoms with E-state index in [4.69, 9.17) is 0 Å². The number of nitrogens with one attached hydrogen (secondary N) is 2. The maximum absolute atomic E-state index is 12.4. The zero-order valence-electron chi connectivity index (χ0n) is 14.9. The van der Waals surface area contributed by atoms with Crippen LogP contribution in [0.3, 0.4) is 0 Å². The van der Waals surface area contributed by atoms with Gasteiger partial charge in [-0.3, -0.25) is 4.79 Å². The highest BCUT2D eigenvalue weighted by molar-refractivity contribution is 7.14. The maximum atomic E-state index is 12.4. The van der Waals surface area contributed by atoms with Gasteiger partial charge in [0.1, 0.15) is 5.69 Å². The van der Waals surface area contributed by atoms with Gasteiger partial charge in [0.05, 0.1) is 0 Å². The normalized spacial score (nSPS) is 10.7. The van der Waals surface area contributed by atoms with Crippen LogP contribution in [0.2, 0.25) is 0 Å². The minimum atomic E-state index is -0.169. The first-order chi connectivity index (χ1) is 13.2. The molecule has 0 radical (unpaired) electrons. The van der Waals surface area contributed by atoms with Gasteiger partial charge < -0.3 is 10.6 Å². The van der Waals surface area contributed by atoms with Crippen molar-refractivity contribution in [2.75, 3.05) is 5.32 Å². The molecular weight excluding hydrogens is 354 g/mol. The Labute approximate surface area is 161 Å². The molecule has 1 heterocycles. The highest BCUT2D eigenvalue weighted by atomic mass is 32.1. The Hall–Kier alpha value is -3.18. The Morgan fingerprint density at radius 3 is 2.63 bits per heavy atom. The molecule has 0 aliphatic rings. The Morgan fingerprint density at radius 1 is 1.00 bits per heavy atom. The molecule has 0 fully saturated rings. The van der Waals surface area contributed by atoms with Crippen LogP contribution in [0.1, 0.15) is 21.6 Å². The summed E-state index contributed by atoms with van der Waals surface area (Å²) in [5.41, 5.74) is 3.68. The van der Waals surface area contributed by atoms with Gasteiger partial charge in [-0.1, -0.05) is 66.2 Å². The summed E-state index contributed by atoms with van der Waals surface area (Å²) >= 11 is 1.42. The molecule has 4 aromatic rings. The number of fused-ring (bicyclic) bond motifs is 1. The average molecular weight is 373 g/mol. The molecule has 5 heteroatoms. The van der Waals surface area contributed by atoms with Gasteiger partial charge in [-0.15, -0.1) is 11.3 Å². The summed E-state index contributed by atoms with van der Waals surface area (Å²) in [7, 11) is 0. The monoisotopic (exact) mass is 373 g/mol. The number of anilines is 2. The van der Waals surface area contributed by atoms with Crippen LogP contribution in [-0.2, 0) is 6.54 Å². The quantitative estimate of drug-likeness (QED) is 0.500. The van der Waals surface area contributed by atoms with Crippen molar-refractivity contribution in [3.8, 4) is 0 Å². The third kappa shape index (κ3) is 3.99. The number of carbonyl (C=O) groups is 1. The fourth-order valence-electron chi connectivity index (χ4n) is 2.86. The highest BCUT2D eigenvalue weighted by Crippen LogP contribution is 2.27. The van der Waals surface area contributed by atoms with Crippen LogP contribution in [0, 0.1) is 6.92 Å². The molecule has 3 aromatic carbocycles. The van der Waals surface area contributed by atoms with E-state index in [9.17, 15) is 4.79 Å². The first-order valence-corrected chi connectivity index (χ1v) is 9.61. The van der Waals surface area contributed by atoms with Crippen molar-refractivity contribution in [3.05, 3.63) is 88.9 Å². The predicted molar refractivity (Wildman–Crippen MR) is 112 cm³/mol. The van der Waals surface area contributed by atoms with E-state index in [-0.39, 0.29) is 5.91 Å². The van der Waals surface area contributed by atoms with Crippen molar-refractivity contribution < 1.29 is 4.79 Å². The number of rotatable bonds is 5. The van der Waals surface area contributed by atoms with Crippen molar-refractivity contribution in [1.82, 2.24) is 10.3 Å². The molecule has 27 heavy (non-hydrogen) atoms. The predicted octanol–water partition coefficient (Wildman–Crippen LogP) is 5.28. The summed E-state index contributed by atoms with van der Waals surface area (Å²) in [6.07, 6.45) is 0. The van der Waals surface area contributed by atoms with E-state index in [0.717, 1.165) is 22.0 Å². The number of hydrogen-bond donors (Lipinski definition) is 2. The van der Waals surface area contributed by atoms with E-state index >= 15 is 0 Å². The largest absolute Gasteiger partial charge is 0.347 e. The SMILES string of the molecule is Cc1ccc(CNC(=O)c2csc(Nc3cccc4ccccc34)n2)cc1. The van der Waals surface area contributed by atoms with Crippen molar-refractivity contribution in [1.29, 1.82) is 0 Å². The van der Waals surface area contributed by atoms with Gasteiger partial charge in [-0.05, 0) is 23.9 Å². The summed E-state index contributed by atoms with van der Waals surface area (Å²) in [5.74, 6) is -0.169. The fourth-order valence-corrected chi connectivity index (χ4v) is 3.57. The molecule has 1 amide bonds. The Bertz CT molecular complexity index is 1080. The minimum absolute atomic E-state index is 0.169. The number of carbonyl (C=O) groups excluding carboxylic acids is 1. The number of aryl methyl sites for hydroxylation is 1. The van der Waals surface area contributed by atoms with Gasteiger partial charge in [0.25, 0.3) is 5.91 Å². The molecule has 0 atom stereocenters. The third-order valence-electron chi connectivity index (χ3n) is 4.34. The highest BCUT2D eigenvalue weighted by Gasteiger charge is 2.11. The lowest BCUT2D eigenvalue weighted by Gasteiger charge is -2.07. The molecular formula is C22H19N3OS. The van der Waals surface area contributed by atoms with Gasteiger partial charge in [0.15, 0.2) is 5.13 Å². The first kappa shape index (κ1) is 17.2. The summed E-state index contributed by atoms with van der Waals surface area (Å²) in [6.45, 7) is 2.53. The molecule has 0 bridgehead atoms. The minimum Gasteiger partial charge on any atom is -0.347 e. The van der Waals surface area contributed by atoms with E-state index in [1.165, 1.54) is 16.9 Å². The van der Waals surface area contributed by atoms with E-state index in [1.807, 2.05) is 55.5 Å². The smallest absolute Gasteiger partial charge is 0.271 e.